The zero-order chi connectivity index (χ0) is 14.0. The lowest BCUT2D eigenvalue weighted by Crippen LogP contribution is -2.41. The van der Waals surface area contributed by atoms with Gasteiger partial charge in [0.2, 0.25) is 10.0 Å². The molecule has 1 fully saturated rings. The first-order chi connectivity index (χ1) is 8.92. The van der Waals surface area contributed by atoms with Crippen LogP contribution in [-0.4, -0.2) is 19.4 Å². The summed E-state index contributed by atoms with van der Waals surface area (Å²) in [6.45, 7) is 0. The Morgan fingerprint density at radius 1 is 1.37 bits per heavy atom. The number of nitrogens with one attached hydrogen (secondary N) is 1. The van der Waals surface area contributed by atoms with Crippen LogP contribution in [0.25, 0.3) is 0 Å². The van der Waals surface area contributed by atoms with E-state index >= 15 is 0 Å². The Labute approximate surface area is 126 Å². The summed E-state index contributed by atoms with van der Waals surface area (Å²) < 4.78 is 28.0. The molecule has 3 N–H and O–H groups in total. The molecule has 0 saturated heterocycles. The molecule has 19 heavy (non-hydrogen) atoms. The lowest BCUT2D eigenvalue weighted by atomic mass is 10.1. The molecule has 4 nitrogen and oxygen atoms in total. The van der Waals surface area contributed by atoms with E-state index in [2.05, 4.69) is 20.7 Å². The van der Waals surface area contributed by atoms with Crippen molar-refractivity contribution in [3.8, 4) is 0 Å². The summed E-state index contributed by atoms with van der Waals surface area (Å²) >= 11 is 8.25. The van der Waals surface area contributed by atoms with Crippen molar-refractivity contribution in [2.24, 2.45) is 11.7 Å². The molecule has 1 aliphatic rings. The SMILES string of the molecule is NC(=S)C1CCCC1NS(=O)(=O)c1ccccc1Br. The topological polar surface area (TPSA) is 72.2 Å². The number of sulfonamides is 1. The largest absolute Gasteiger partial charge is 0.393 e. The van der Waals surface area contributed by atoms with Gasteiger partial charge in [-0.15, -0.1) is 0 Å². The molecule has 1 aromatic rings. The van der Waals surface area contributed by atoms with Gasteiger partial charge in [0.15, 0.2) is 0 Å². The molecule has 0 aliphatic heterocycles. The van der Waals surface area contributed by atoms with Crippen LogP contribution < -0.4 is 10.5 Å². The van der Waals surface area contributed by atoms with Gasteiger partial charge < -0.3 is 5.73 Å². The third-order valence-electron chi connectivity index (χ3n) is 3.31. The van der Waals surface area contributed by atoms with Crippen LogP contribution in [0.2, 0.25) is 0 Å². The van der Waals surface area contributed by atoms with Crippen molar-refractivity contribution in [3.63, 3.8) is 0 Å². The maximum Gasteiger partial charge on any atom is 0.241 e. The Kier molecular flexibility index (Phi) is 4.60. The van der Waals surface area contributed by atoms with Gasteiger partial charge in [0.25, 0.3) is 0 Å². The number of nitrogens with two attached hydrogens (primary N) is 1. The smallest absolute Gasteiger partial charge is 0.241 e. The molecule has 2 atom stereocenters. The van der Waals surface area contributed by atoms with E-state index < -0.39 is 10.0 Å². The van der Waals surface area contributed by atoms with E-state index in [0.29, 0.717) is 9.46 Å². The summed E-state index contributed by atoms with van der Waals surface area (Å²) in [6, 6.07) is 6.54. The molecule has 2 unspecified atom stereocenters. The van der Waals surface area contributed by atoms with Crippen molar-refractivity contribution in [1.82, 2.24) is 4.72 Å². The zero-order valence-electron chi connectivity index (χ0n) is 10.2. The molecule has 0 spiro atoms. The van der Waals surface area contributed by atoms with Crippen LogP contribution in [0.5, 0.6) is 0 Å². The van der Waals surface area contributed by atoms with Gasteiger partial charge >= 0.3 is 0 Å². The Bertz CT molecular complexity index is 589. The van der Waals surface area contributed by atoms with E-state index in [1.807, 2.05) is 0 Å². The monoisotopic (exact) mass is 362 g/mol. The van der Waals surface area contributed by atoms with Crippen LogP contribution in [0, 0.1) is 5.92 Å². The van der Waals surface area contributed by atoms with Gasteiger partial charge in [-0.05, 0) is 40.9 Å². The van der Waals surface area contributed by atoms with E-state index in [0.717, 1.165) is 19.3 Å². The average Bonchev–Trinajstić information content (AvgIpc) is 2.76. The van der Waals surface area contributed by atoms with E-state index in [9.17, 15) is 8.42 Å². The van der Waals surface area contributed by atoms with Crippen LogP contribution in [0.3, 0.4) is 0 Å². The van der Waals surface area contributed by atoms with Gasteiger partial charge in [0.05, 0.1) is 9.88 Å². The van der Waals surface area contributed by atoms with Crippen molar-refractivity contribution in [2.45, 2.75) is 30.2 Å². The Morgan fingerprint density at radius 3 is 2.68 bits per heavy atom. The molecule has 0 radical (unpaired) electrons. The first-order valence-corrected chi connectivity index (χ1v) is 8.66. The molecular weight excluding hydrogens is 348 g/mol. The Morgan fingerprint density at radius 2 is 2.05 bits per heavy atom. The van der Waals surface area contributed by atoms with E-state index in [1.54, 1.807) is 24.3 Å². The van der Waals surface area contributed by atoms with Crippen LogP contribution in [0.15, 0.2) is 33.6 Å². The summed E-state index contributed by atoms with van der Waals surface area (Å²) in [5, 5.41) is 0. The quantitative estimate of drug-likeness (QED) is 0.805. The number of benzene rings is 1. The molecule has 7 heteroatoms. The minimum absolute atomic E-state index is 0.0488. The molecular formula is C12H15BrN2O2S2. The van der Waals surface area contributed by atoms with Crippen molar-refractivity contribution < 1.29 is 8.42 Å². The fourth-order valence-electron chi connectivity index (χ4n) is 2.37. The van der Waals surface area contributed by atoms with E-state index in [1.165, 1.54) is 0 Å². The number of hydrogen-bond acceptors (Lipinski definition) is 3. The Balaban J connectivity index is 2.23. The summed E-state index contributed by atoms with van der Waals surface area (Å²) in [4.78, 5) is 0.626. The Hall–Kier alpha value is -0.500. The van der Waals surface area contributed by atoms with Crippen molar-refractivity contribution in [2.75, 3.05) is 0 Å². The second kappa shape index (κ2) is 5.87. The van der Waals surface area contributed by atoms with Gasteiger partial charge in [-0.25, -0.2) is 13.1 Å². The molecule has 1 aliphatic carbocycles. The number of halogens is 1. The zero-order valence-corrected chi connectivity index (χ0v) is 13.4. The van der Waals surface area contributed by atoms with E-state index in [4.69, 9.17) is 18.0 Å². The minimum Gasteiger partial charge on any atom is -0.393 e. The highest BCUT2D eigenvalue weighted by Gasteiger charge is 2.33. The summed E-state index contributed by atoms with van der Waals surface area (Å²) in [6.07, 6.45) is 2.55. The molecule has 0 bridgehead atoms. The van der Waals surface area contributed by atoms with Gasteiger partial charge in [-0.2, -0.15) is 0 Å². The molecule has 2 rings (SSSR count). The third kappa shape index (κ3) is 3.34. The standard InChI is InChI=1S/C12H15BrN2O2S2/c13-9-5-1-2-7-11(9)19(16,17)15-10-6-3-4-8(10)12(14)18/h1-2,5,7-8,10,15H,3-4,6H2,(H2,14,18). The highest BCUT2D eigenvalue weighted by Crippen LogP contribution is 2.28. The molecule has 0 amide bonds. The predicted octanol–water partition coefficient (Wildman–Crippen LogP) is 2.18. The van der Waals surface area contributed by atoms with Gasteiger partial charge in [-0.1, -0.05) is 30.8 Å². The van der Waals surface area contributed by atoms with Gasteiger partial charge in [0.1, 0.15) is 0 Å². The third-order valence-corrected chi connectivity index (χ3v) is 6.12. The number of thiocarbonyl (C=S) groups is 1. The van der Waals surface area contributed by atoms with Crippen molar-refractivity contribution in [1.29, 1.82) is 0 Å². The summed E-state index contributed by atoms with van der Waals surface area (Å²) in [5.74, 6) is -0.0488. The van der Waals surface area contributed by atoms with Gasteiger partial charge in [-0.3, -0.25) is 0 Å². The van der Waals surface area contributed by atoms with Crippen LogP contribution in [-0.2, 0) is 10.0 Å². The fraction of sp³-hybridized carbons (Fsp3) is 0.417. The lowest BCUT2D eigenvalue weighted by molar-refractivity contribution is 0.524. The minimum atomic E-state index is -3.55. The van der Waals surface area contributed by atoms with Crippen molar-refractivity contribution >= 4 is 43.2 Å². The molecule has 0 aromatic heterocycles. The van der Waals surface area contributed by atoms with Crippen LogP contribution >= 0.6 is 28.1 Å². The van der Waals surface area contributed by atoms with Crippen LogP contribution in [0.1, 0.15) is 19.3 Å². The maximum atomic E-state index is 12.4. The molecule has 1 aromatic carbocycles. The first kappa shape index (κ1) is 14.9. The molecule has 104 valence electrons. The normalized spacial score (nSPS) is 23.4. The van der Waals surface area contributed by atoms with Gasteiger partial charge in [0, 0.05) is 16.4 Å². The first-order valence-electron chi connectivity index (χ1n) is 5.98. The van der Waals surface area contributed by atoms with E-state index in [-0.39, 0.29) is 16.9 Å². The summed E-state index contributed by atoms with van der Waals surface area (Å²) in [5.41, 5.74) is 5.66. The summed E-state index contributed by atoms with van der Waals surface area (Å²) in [7, 11) is -3.55. The second-order valence-electron chi connectivity index (χ2n) is 4.60. The highest BCUT2D eigenvalue weighted by atomic mass is 79.9. The maximum absolute atomic E-state index is 12.4. The number of hydrogen-bond donors (Lipinski definition) is 2. The molecule has 1 saturated carbocycles. The fourth-order valence-corrected chi connectivity index (χ4v) is 4.96. The highest BCUT2D eigenvalue weighted by molar-refractivity contribution is 9.10. The molecule has 0 heterocycles. The lowest BCUT2D eigenvalue weighted by Gasteiger charge is -2.20. The van der Waals surface area contributed by atoms with Crippen molar-refractivity contribution in [3.05, 3.63) is 28.7 Å². The average molecular weight is 363 g/mol. The predicted molar refractivity (Wildman–Crippen MR) is 82.4 cm³/mol. The number of rotatable bonds is 4. The second-order valence-corrected chi connectivity index (χ2v) is 7.61. The van der Waals surface area contributed by atoms with Crippen LogP contribution in [0.4, 0.5) is 0 Å².